The van der Waals surface area contributed by atoms with Crippen LogP contribution in [0.4, 0.5) is 5.00 Å². The van der Waals surface area contributed by atoms with E-state index in [4.69, 9.17) is 16.3 Å². The molecule has 1 rings (SSSR count). The molecule has 0 saturated heterocycles. The number of halogens is 1. The van der Waals surface area contributed by atoms with Gasteiger partial charge in [0.05, 0.1) is 12.2 Å². The number of anilines is 1. The van der Waals surface area contributed by atoms with Gasteiger partial charge in [0.1, 0.15) is 10.4 Å². The van der Waals surface area contributed by atoms with Gasteiger partial charge in [-0.1, -0.05) is 6.92 Å². The molecule has 100 valence electrons. The van der Waals surface area contributed by atoms with Crippen molar-refractivity contribution in [3.8, 4) is 0 Å². The van der Waals surface area contributed by atoms with Crippen molar-refractivity contribution in [2.24, 2.45) is 0 Å². The van der Waals surface area contributed by atoms with Crippen LogP contribution in [-0.4, -0.2) is 23.9 Å². The van der Waals surface area contributed by atoms with Gasteiger partial charge in [0.2, 0.25) is 5.91 Å². The SMILES string of the molecule is CCOC(=O)c1cc(CC)sc1NC(=O)[C@@H](C)Cl. The molecule has 0 aromatic carbocycles. The van der Waals surface area contributed by atoms with Crippen LogP contribution >= 0.6 is 22.9 Å². The molecule has 0 spiro atoms. The van der Waals surface area contributed by atoms with Crippen LogP contribution in [0.15, 0.2) is 6.07 Å². The molecule has 1 amide bonds. The first-order chi connectivity index (χ1) is 8.49. The van der Waals surface area contributed by atoms with E-state index in [0.717, 1.165) is 11.3 Å². The Morgan fingerprint density at radius 3 is 2.67 bits per heavy atom. The highest BCUT2D eigenvalue weighted by Crippen LogP contribution is 2.29. The Morgan fingerprint density at radius 2 is 2.17 bits per heavy atom. The summed E-state index contributed by atoms with van der Waals surface area (Å²) in [5.74, 6) is -0.752. The molecule has 0 aliphatic carbocycles. The van der Waals surface area contributed by atoms with Crippen LogP contribution in [0.3, 0.4) is 0 Å². The smallest absolute Gasteiger partial charge is 0.341 e. The second-order valence-corrected chi connectivity index (χ2v) is 5.43. The summed E-state index contributed by atoms with van der Waals surface area (Å²) in [4.78, 5) is 24.3. The minimum Gasteiger partial charge on any atom is -0.462 e. The van der Waals surface area contributed by atoms with E-state index >= 15 is 0 Å². The molecule has 1 heterocycles. The maximum absolute atomic E-state index is 11.7. The predicted octanol–water partition coefficient (Wildman–Crippen LogP) is 3.05. The number of ether oxygens (including phenoxy) is 1. The third kappa shape index (κ3) is 3.71. The highest BCUT2D eigenvalue weighted by molar-refractivity contribution is 7.16. The third-order valence-corrected chi connectivity index (χ3v) is 3.62. The molecule has 1 aromatic rings. The Kier molecular flexibility index (Phi) is 5.62. The highest BCUT2D eigenvalue weighted by atomic mass is 35.5. The maximum Gasteiger partial charge on any atom is 0.341 e. The van der Waals surface area contributed by atoms with Crippen molar-refractivity contribution in [2.45, 2.75) is 32.6 Å². The zero-order chi connectivity index (χ0) is 13.7. The molecule has 18 heavy (non-hydrogen) atoms. The standard InChI is InChI=1S/C12H16ClNO3S/c1-4-8-6-9(12(16)17-5-2)11(18-8)14-10(15)7(3)13/h6-7H,4-5H2,1-3H3,(H,14,15)/t7-/m1/s1. The quantitative estimate of drug-likeness (QED) is 0.669. The predicted molar refractivity (Wildman–Crippen MR) is 73.6 cm³/mol. The first-order valence-corrected chi connectivity index (χ1v) is 6.99. The number of hydrogen-bond acceptors (Lipinski definition) is 4. The van der Waals surface area contributed by atoms with E-state index in [1.165, 1.54) is 11.3 Å². The number of amides is 1. The number of aryl methyl sites for hydroxylation is 1. The second-order valence-electron chi connectivity index (χ2n) is 3.63. The van der Waals surface area contributed by atoms with Crippen molar-refractivity contribution in [1.82, 2.24) is 0 Å². The average Bonchev–Trinajstić information content (AvgIpc) is 2.72. The van der Waals surface area contributed by atoms with Crippen molar-refractivity contribution >= 4 is 39.8 Å². The van der Waals surface area contributed by atoms with Crippen LogP contribution in [0.5, 0.6) is 0 Å². The number of rotatable bonds is 5. The lowest BCUT2D eigenvalue weighted by Gasteiger charge is -2.06. The summed E-state index contributed by atoms with van der Waals surface area (Å²) in [6.07, 6.45) is 0.795. The monoisotopic (exact) mass is 289 g/mol. The molecule has 1 aromatic heterocycles. The van der Waals surface area contributed by atoms with E-state index in [2.05, 4.69) is 5.32 Å². The molecule has 0 radical (unpaired) electrons. The van der Waals surface area contributed by atoms with Crippen molar-refractivity contribution < 1.29 is 14.3 Å². The van der Waals surface area contributed by atoms with E-state index < -0.39 is 11.3 Å². The van der Waals surface area contributed by atoms with E-state index in [9.17, 15) is 9.59 Å². The number of hydrogen-bond donors (Lipinski definition) is 1. The Morgan fingerprint density at radius 1 is 1.50 bits per heavy atom. The Hall–Kier alpha value is -1.07. The van der Waals surface area contributed by atoms with E-state index in [0.29, 0.717) is 17.2 Å². The first kappa shape index (κ1) is 15.0. The van der Waals surface area contributed by atoms with Crippen LogP contribution in [0.25, 0.3) is 0 Å². The molecular formula is C12H16ClNO3S. The van der Waals surface area contributed by atoms with Crippen LogP contribution in [0.2, 0.25) is 0 Å². The summed E-state index contributed by atoms with van der Waals surface area (Å²) < 4.78 is 4.95. The van der Waals surface area contributed by atoms with E-state index in [1.807, 2.05) is 6.92 Å². The van der Waals surface area contributed by atoms with Crippen LogP contribution < -0.4 is 5.32 Å². The van der Waals surface area contributed by atoms with Gasteiger partial charge in [-0.25, -0.2) is 4.79 Å². The van der Waals surface area contributed by atoms with Crippen molar-refractivity contribution in [3.63, 3.8) is 0 Å². The maximum atomic E-state index is 11.7. The number of carbonyl (C=O) groups excluding carboxylic acids is 2. The Bertz CT molecular complexity index is 443. The summed E-state index contributed by atoms with van der Waals surface area (Å²) in [5, 5.41) is 2.51. The zero-order valence-electron chi connectivity index (χ0n) is 10.6. The molecule has 1 N–H and O–H groups in total. The Labute approximate surface area is 115 Å². The fourth-order valence-corrected chi connectivity index (χ4v) is 2.32. The van der Waals surface area contributed by atoms with Gasteiger partial charge in [-0.05, 0) is 26.3 Å². The molecule has 0 aliphatic rings. The van der Waals surface area contributed by atoms with Gasteiger partial charge < -0.3 is 10.1 Å². The molecule has 0 bridgehead atoms. The lowest BCUT2D eigenvalue weighted by Crippen LogP contribution is -2.21. The van der Waals surface area contributed by atoms with Gasteiger partial charge in [-0.15, -0.1) is 22.9 Å². The number of esters is 1. The fraction of sp³-hybridized carbons (Fsp3) is 0.500. The first-order valence-electron chi connectivity index (χ1n) is 5.74. The largest absolute Gasteiger partial charge is 0.462 e. The van der Waals surface area contributed by atoms with Gasteiger partial charge in [-0.2, -0.15) is 0 Å². The number of nitrogens with one attached hydrogen (secondary N) is 1. The third-order valence-electron chi connectivity index (χ3n) is 2.22. The molecular weight excluding hydrogens is 274 g/mol. The number of thiophene rings is 1. The number of carbonyl (C=O) groups is 2. The minimum absolute atomic E-state index is 0.301. The molecule has 4 nitrogen and oxygen atoms in total. The summed E-state index contributed by atoms with van der Waals surface area (Å²) in [6, 6.07) is 1.75. The topological polar surface area (TPSA) is 55.4 Å². The van der Waals surface area contributed by atoms with Gasteiger partial charge in [0.15, 0.2) is 0 Å². The lowest BCUT2D eigenvalue weighted by molar-refractivity contribution is -0.115. The second kappa shape index (κ2) is 6.75. The summed E-state index contributed by atoms with van der Waals surface area (Å²) >= 11 is 7.06. The normalized spacial score (nSPS) is 12.0. The molecule has 6 heteroatoms. The zero-order valence-corrected chi connectivity index (χ0v) is 12.2. The summed E-state index contributed by atoms with van der Waals surface area (Å²) in [5.41, 5.74) is 0.393. The van der Waals surface area contributed by atoms with E-state index in [1.54, 1.807) is 19.9 Å². The van der Waals surface area contributed by atoms with E-state index in [-0.39, 0.29) is 5.91 Å². The molecule has 0 unspecified atom stereocenters. The molecule has 1 atom stereocenters. The van der Waals surface area contributed by atoms with Crippen molar-refractivity contribution in [1.29, 1.82) is 0 Å². The molecule has 0 fully saturated rings. The minimum atomic E-state index is -0.646. The molecule has 0 aliphatic heterocycles. The van der Waals surface area contributed by atoms with Crippen LogP contribution in [0.1, 0.15) is 36.0 Å². The van der Waals surface area contributed by atoms with Gasteiger partial charge in [0, 0.05) is 4.88 Å². The number of alkyl halides is 1. The van der Waals surface area contributed by atoms with Crippen LogP contribution in [-0.2, 0) is 16.0 Å². The van der Waals surface area contributed by atoms with Crippen molar-refractivity contribution in [2.75, 3.05) is 11.9 Å². The lowest BCUT2D eigenvalue weighted by atomic mass is 10.2. The summed E-state index contributed by atoms with van der Waals surface area (Å²) in [7, 11) is 0. The fourth-order valence-electron chi connectivity index (χ4n) is 1.28. The Balaban J connectivity index is 2.98. The average molecular weight is 290 g/mol. The summed E-state index contributed by atoms with van der Waals surface area (Å²) in [6.45, 7) is 5.60. The van der Waals surface area contributed by atoms with Gasteiger partial charge >= 0.3 is 5.97 Å². The van der Waals surface area contributed by atoms with Crippen LogP contribution in [0, 0.1) is 0 Å². The van der Waals surface area contributed by atoms with Gasteiger partial charge in [-0.3, -0.25) is 4.79 Å². The molecule has 0 saturated carbocycles. The van der Waals surface area contributed by atoms with Gasteiger partial charge in [0.25, 0.3) is 0 Å². The van der Waals surface area contributed by atoms with Crippen molar-refractivity contribution in [3.05, 3.63) is 16.5 Å². The highest BCUT2D eigenvalue weighted by Gasteiger charge is 2.19.